The lowest BCUT2D eigenvalue weighted by Crippen LogP contribution is -2.37. The second-order valence-corrected chi connectivity index (χ2v) is 6.03. The number of aliphatic carboxylic acids is 1. The van der Waals surface area contributed by atoms with E-state index in [1.54, 1.807) is 12.1 Å². The zero-order valence-corrected chi connectivity index (χ0v) is 12.6. The van der Waals surface area contributed by atoms with Gasteiger partial charge in [0, 0.05) is 11.6 Å². The first kappa shape index (κ1) is 15.8. The minimum atomic E-state index is -0.744. The van der Waals surface area contributed by atoms with Crippen LogP contribution in [0, 0.1) is 11.8 Å². The summed E-state index contributed by atoms with van der Waals surface area (Å²) in [6, 6.07) is 7.16. The first-order valence-corrected chi connectivity index (χ1v) is 7.68. The van der Waals surface area contributed by atoms with Crippen molar-refractivity contribution < 1.29 is 14.7 Å². The Morgan fingerprint density at radius 3 is 2.52 bits per heavy atom. The van der Waals surface area contributed by atoms with Gasteiger partial charge in [-0.3, -0.25) is 9.59 Å². The fourth-order valence-corrected chi connectivity index (χ4v) is 3.00. The van der Waals surface area contributed by atoms with E-state index in [2.05, 4.69) is 5.32 Å². The van der Waals surface area contributed by atoms with Crippen molar-refractivity contribution in [1.29, 1.82) is 0 Å². The smallest absolute Gasteiger partial charge is 0.306 e. The molecule has 1 aromatic carbocycles. The maximum absolute atomic E-state index is 11.9. The number of carboxylic acids is 1. The average molecular weight is 310 g/mol. The molecule has 0 spiro atoms. The third-order valence-corrected chi connectivity index (χ3v) is 4.32. The number of nitrogens with one attached hydrogen (secondary N) is 1. The van der Waals surface area contributed by atoms with E-state index < -0.39 is 5.97 Å². The standard InChI is InChI=1S/C16H20ClNO3/c17-13-7-5-11(6-8-13)9-15(19)18-10-12-3-1-2-4-14(12)16(20)21/h5-8,12,14H,1-4,9-10H2,(H,18,19)(H,20,21). The van der Waals surface area contributed by atoms with Crippen molar-refractivity contribution in [2.45, 2.75) is 32.1 Å². The summed E-state index contributed by atoms with van der Waals surface area (Å²) in [5.74, 6) is -1.10. The summed E-state index contributed by atoms with van der Waals surface area (Å²) in [5, 5.41) is 12.7. The quantitative estimate of drug-likeness (QED) is 0.879. The Balaban J connectivity index is 1.82. The molecule has 1 aliphatic rings. The molecule has 1 saturated carbocycles. The summed E-state index contributed by atoms with van der Waals surface area (Å²) < 4.78 is 0. The fraction of sp³-hybridized carbons (Fsp3) is 0.500. The van der Waals surface area contributed by atoms with Crippen molar-refractivity contribution in [1.82, 2.24) is 5.32 Å². The lowest BCUT2D eigenvalue weighted by Gasteiger charge is -2.28. The van der Waals surface area contributed by atoms with Gasteiger partial charge in [-0.1, -0.05) is 36.6 Å². The van der Waals surface area contributed by atoms with Crippen LogP contribution in [0.15, 0.2) is 24.3 Å². The summed E-state index contributed by atoms with van der Waals surface area (Å²) in [6.45, 7) is 0.448. The van der Waals surface area contributed by atoms with Crippen molar-refractivity contribution in [2.24, 2.45) is 11.8 Å². The average Bonchev–Trinajstić information content (AvgIpc) is 2.48. The summed E-state index contributed by atoms with van der Waals surface area (Å²) in [4.78, 5) is 23.1. The molecule has 1 fully saturated rings. The van der Waals surface area contributed by atoms with E-state index in [0.29, 0.717) is 24.4 Å². The number of amides is 1. The van der Waals surface area contributed by atoms with Crippen LogP contribution in [0.2, 0.25) is 5.02 Å². The van der Waals surface area contributed by atoms with E-state index in [9.17, 15) is 14.7 Å². The number of benzene rings is 1. The molecule has 21 heavy (non-hydrogen) atoms. The first-order chi connectivity index (χ1) is 10.1. The Morgan fingerprint density at radius 1 is 1.19 bits per heavy atom. The molecule has 1 aliphatic carbocycles. The van der Waals surface area contributed by atoms with Gasteiger partial charge in [-0.25, -0.2) is 0 Å². The van der Waals surface area contributed by atoms with Gasteiger partial charge >= 0.3 is 5.97 Å². The molecule has 0 aromatic heterocycles. The van der Waals surface area contributed by atoms with Crippen LogP contribution < -0.4 is 5.32 Å². The van der Waals surface area contributed by atoms with Crippen molar-refractivity contribution in [3.63, 3.8) is 0 Å². The van der Waals surface area contributed by atoms with Gasteiger partial charge in [0.25, 0.3) is 0 Å². The number of rotatable bonds is 5. The molecule has 2 atom stereocenters. The molecular formula is C16H20ClNO3. The van der Waals surface area contributed by atoms with Gasteiger partial charge in [0.1, 0.15) is 0 Å². The number of hydrogen-bond acceptors (Lipinski definition) is 2. The summed E-state index contributed by atoms with van der Waals surface area (Å²) in [7, 11) is 0. The van der Waals surface area contributed by atoms with Gasteiger partial charge in [0.15, 0.2) is 0 Å². The highest BCUT2D eigenvalue weighted by Gasteiger charge is 2.30. The van der Waals surface area contributed by atoms with Gasteiger partial charge in [-0.15, -0.1) is 0 Å². The molecule has 1 aromatic rings. The maximum atomic E-state index is 11.9. The molecule has 1 amide bonds. The van der Waals surface area contributed by atoms with E-state index in [1.807, 2.05) is 12.1 Å². The third kappa shape index (κ3) is 4.74. The van der Waals surface area contributed by atoms with Gasteiger partial charge in [0.2, 0.25) is 5.91 Å². The lowest BCUT2D eigenvalue weighted by molar-refractivity contribution is -0.145. The summed E-state index contributed by atoms with van der Waals surface area (Å²) in [6.07, 6.45) is 3.89. The van der Waals surface area contributed by atoms with Crippen molar-refractivity contribution >= 4 is 23.5 Å². The van der Waals surface area contributed by atoms with Gasteiger partial charge in [-0.2, -0.15) is 0 Å². The Hall–Kier alpha value is -1.55. The number of carbonyl (C=O) groups excluding carboxylic acids is 1. The molecule has 2 rings (SSSR count). The van der Waals surface area contributed by atoms with Gasteiger partial charge in [0.05, 0.1) is 12.3 Å². The van der Waals surface area contributed by atoms with Crippen molar-refractivity contribution in [3.05, 3.63) is 34.9 Å². The minimum Gasteiger partial charge on any atom is -0.481 e. The van der Waals surface area contributed by atoms with Gasteiger partial charge in [-0.05, 0) is 36.5 Å². The number of halogens is 1. The molecule has 0 bridgehead atoms. The normalized spacial score (nSPS) is 21.8. The molecule has 0 radical (unpaired) electrons. The molecule has 0 heterocycles. The molecule has 2 unspecified atom stereocenters. The van der Waals surface area contributed by atoms with Crippen LogP contribution in [0.4, 0.5) is 0 Å². The maximum Gasteiger partial charge on any atom is 0.306 e. The van der Waals surface area contributed by atoms with Crippen molar-refractivity contribution in [2.75, 3.05) is 6.54 Å². The third-order valence-electron chi connectivity index (χ3n) is 4.07. The van der Waals surface area contributed by atoms with E-state index >= 15 is 0 Å². The van der Waals surface area contributed by atoms with E-state index in [-0.39, 0.29) is 17.7 Å². The van der Waals surface area contributed by atoms with Crippen LogP contribution in [0.1, 0.15) is 31.2 Å². The number of hydrogen-bond donors (Lipinski definition) is 2. The number of carbonyl (C=O) groups is 2. The van der Waals surface area contributed by atoms with Crippen LogP contribution in [0.3, 0.4) is 0 Å². The molecular weight excluding hydrogens is 290 g/mol. The zero-order valence-electron chi connectivity index (χ0n) is 11.8. The highest BCUT2D eigenvalue weighted by Crippen LogP contribution is 2.29. The van der Waals surface area contributed by atoms with E-state index in [4.69, 9.17) is 11.6 Å². The second kappa shape index (κ2) is 7.46. The molecule has 114 valence electrons. The monoisotopic (exact) mass is 309 g/mol. The van der Waals surface area contributed by atoms with Crippen LogP contribution in [-0.2, 0) is 16.0 Å². The Bertz CT molecular complexity index is 501. The number of carboxylic acid groups (broad SMARTS) is 1. The summed E-state index contributed by atoms with van der Waals surface area (Å²) >= 11 is 5.80. The lowest BCUT2D eigenvalue weighted by atomic mass is 9.79. The minimum absolute atomic E-state index is 0.0467. The SMILES string of the molecule is O=C(Cc1ccc(Cl)cc1)NCC1CCCCC1C(=O)O. The first-order valence-electron chi connectivity index (χ1n) is 7.30. The highest BCUT2D eigenvalue weighted by molar-refractivity contribution is 6.30. The van der Waals surface area contributed by atoms with Crippen LogP contribution in [0.25, 0.3) is 0 Å². The Labute approximate surface area is 129 Å². The Kier molecular flexibility index (Phi) is 5.62. The predicted molar refractivity (Wildman–Crippen MR) is 81.2 cm³/mol. The Morgan fingerprint density at radius 2 is 1.86 bits per heavy atom. The summed E-state index contributed by atoms with van der Waals surface area (Å²) in [5.41, 5.74) is 0.898. The topological polar surface area (TPSA) is 66.4 Å². The predicted octanol–water partition coefficient (Wildman–Crippen LogP) is 2.89. The van der Waals surface area contributed by atoms with Crippen LogP contribution in [0.5, 0.6) is 0 Å². The van der Waals surface area contributed by atoms with Crippen LogP contribution >= 0.6 is 11.6 Å². The van der Waals surface area contributed by atoms with Gasteiger partial charge < -0.3 is 10.4 Å². The van der Waals surface area contributed by atoms with E-state index in [0.717, 1.165) is 24.8 Å². The largest absolute Gasteiger partial charge is 0.481 e. The van der Waals surface area contributed by atoms with Crippen LogP contribution in [-0.4, -0.2) is 23.5 Å². The molecule has 0 aliphatic heterocycles. The molecule has 2 N–H and O–H groups in total. The highest BCUT2D eigenvalue weighted by atomic mass is 35.5. The fourth-order valence-electron chi connectivity index (χ4n) is 2.87. The van der Waals surface area contributed by atoms with E-state index in [1.165, 1.54) is 0 Å². The second-order valence-electron chi connectivity index (χ2n) is 5.60. The molecule has 5 heteroatoms. The molecule has 4 nitrogen and oxygen atoms in total. The van der Waals surface area contributed by atoms with Crippen molar-refractivity contribution in [3.8, 4) is 0 Å². The molecule has 0 saturated heterocycles. The zero-order chi connectivity index (χ0) is 15.2.